The van der Waals surface area contributed by atoms with Crippen LogP contribution in [0.25, 0.3) is 0 Å². The number of hydrogen-bond donors (Lipinski definition) is 1. The SMILES string of the molecule is COC(=O)CC1(CSC2CCCCCC2N)CC1. The van der Waals surface area contributed by atoms with Gasteiger partial charge in [-0.15, -0.1) is 0 Å². The van der Waals surface area contributed by atoms with E-state index in [4.69, 9.17) is 10.5 Å². The van der Waals surface area contributed by atoms with Crippen molar-refractivity contribution in [2.24, 2.45) is 11.1 Å². The van der Waals surface area contributed by atoms with Crippen LogP contribution in [-0.4, -0.2) is 30.1 Å². The molecule has 2 atom stereocenters. The van der Waals surface area contributed by atoms with Gasteiger partial charge in [-0.2, -0.15) is 11.8 Å². The maximum absolute atomic E-state index is 11.4. The van der Waals surface area contributed by atoms with Crippen LogP contribution < -0.4 is 5.73 Å². The molecule has 0 aromatic rings. The van der Waals surface area contributed by atoms with Crippen LogP contribution in [0.5, 0.6) is 0 Å². The van der Waals surface area contributed by atoms with E-state index in [0.29, 0.717) is 17.7 Å². The van der Waals surface area contributed by atoms with Gasteiger partial charge in [0.25, 0.3) is 0 Å². The third kappa shape index (κ3) is 3.89. The van der Waals surface area contributed by atoms with Crippen LogP contribution in [0.3, 0.4) is 0 Å². The Labute approximate surface area is 114 Å². The van der Waals surface area contributed by atoms with E-state index in [1.165, 1.54) is 52.1 Å². The summed E-state index contributed by atoms with van der Waals surface area (Å²) >= 11 is 2.01. The Morgan fingerprint density at radius 2 is 2.06 bits per heavy atom. The molecule has 18 heavy (non-hydrogen) atoms. The van der Waals surface area contributed by atoms with Crippen LogP contribution in [0, 0.1) is 5.41 Å². The predicted molar refractivity (Wildman–Crippen MR) is 75.6 cm³/mol. The molecule has 4 heteroatoms. The maximum Gasteiger partial charge on any atom is 0.306 e. The molecular weight excluding hydrogens is 246 g/mol. The predicted octanol–water partition coefficient (Wildman–Crippen LogP) is 2.72. The van der Waals surface area contributed by atoms with Crippen molar-refractivity contribution in [1.29, 1.82) is 0 Å². The first kappa shape index (κ1) is 14.2. The zero-order valence-electron chi connectivity index (χ0n) is 11.3. The molecule has 0 radical (unpaired) electrons. The Morgan fingerprint density at radius 1 is 1.33 bits per heavy atom. The summed E-state index contributed by atoms with van der Waals surface area (Å²) in [4.78, 5) is 11.4. The Morgan fingerprint density at radius 3 is 2.72 bits per heavy atom. The Bertz CT molecular complexity index is 292. The lowest BCUT2D eigenvalue weighted by molar-refractivity contribution is -0.141. The maximum atomic E-state index is 11.4. The fourth-order valence-electron chi connectivity index (χ4n) is 2.72. The number of thioether (sulfide) groups is 1. The fourth-order valence-corrected chi connectivity index (χ4v) is 4.40. The fraction of sp³-hybridized carbons (Fsp3) is 0.929. The van der Waals surface area contributed by atoms with Crippen LogP contribution in [0.2, 0.25) is 0 Å². The van der Waals surface area contributed by atoms with E-state index in [-0.39, 0.29) is 11.4 Å². The smallest absolute Gasteiger partial charge is 0.306 e. The number of ether oxygens (including phenoxy) is 1. The lowest BCUT2D eigenvalue weighted by Gasteiger charge is -2.23. The van der Waals surface area contributed by atoms with Gasteiger partial charge >= 0.3 is 5.97 Å². The van der Waals surface area contributed by atoms with Crippen LogP contribution in [-0.2, 0) is 9.53 Å². The molecule has 2 unspecified atom stereocenters. The second kappa shape index (κ2) is 6.29. The first-order chi connectivity index (χ1) is 8.65. The molecule has 2 saturated carbocycles. The normalized spacial score (nSPS) is 30.6. The standard InChI is InChI=1S/C14H25NO2S/c1-17-13(16)9-14(7-8-14)10-18-12-6-4-2-3-5-11(12)15/h11-12H,2-10,15H2,1H3. The van der Waals surface area contributed by atoms with Crippen molar-refractivity contribution in [2.45, 2.75) is 62.7 Å². The van der Waals surface area contributed by atoms with Gasteiger partial charge in [-0.05, 0) is 36.9 Å². The molecule has 0 aliphatic heterocycles. The molecule has 0 saturated heterocycles. The summed E-state index contributed by atoms with van der Waals surface area (Å²) in [5.74, 6) is 1.03. The number of nitrogens with two attached hydrogens (primary N) is 1. The van der Waals surface area contributed by atoms with Crippen molar-refractivity contribution in [1.82, 2.24) is 0 Å². The summed E-state index contributed by atoms with van der Waals surface area (Å²) < 4.78 is 4.79. The summed E-state index contributed by atoms with van der Waals surface area (Å²) in [5, 5.41) is 0.600. The largest absolute Gasteiger partial charge is 0.469 e. The highest BCUT2D eigenvalue weighted by molar-refractivity contribution is 8.00. The molecule has 0 spiro atoms. The molecule has 0 aromatic carbocycles. The van der Waals surface area contributed by atoms with Crippen molar-refractivity contribution < 1.29 is 9.53 Å². The molecular formula is C14H25NO2S. The van der Waals surface area contributed by atoms with Gasteiger partial charge in [0.2, 0.25) is 0 Å². The third-order valence-corrected chi connectivity index (χ3v) is 6.10. The summed E-state index contributed by atoms with van der Waals surface area (Å²) in [6.07, 6.45) is 9.30. The van der Waals surface area contributed by atoms with Crippen molar-refractivity contribution in [2.75, 3.05) is 12.9 Å². The minimum atomic E-state index is -0.0572. The van der Waals surface area contributed by atoms with E-state index < -0.39 is 0 Å². The second-order valence-corrected chi connectivity index (χ2v) is 7.13. The first-order valence-corrected chi connectivity index (χ1v) is 8.14. The highest BCUT2D eigenvalue weighted by Crippen LogP contribution is 2.52. The number of rotatable bonds is 5. The number of esters is 1. The summed E-state index contributed by atoms with van der Waals surface area (Å²) in [7, 11) is 1.48. The lowest BCUT2D eigenvalue weighted by atomic mass is 10.1. The van der Waals surface area contributed by atoms with Gasteiger partial charge in [0, 0.05) is 11.3 Å². The van der Waals surface area contributed by atoms with E-state index in [2.05, 4.69) is 0 Å². The van der Waals surface area contributed by atoms with E-state index in [1.807, 2.05) is 11.8 Å². The van der Waals surface area contributed by atoms with Crippen molar-refractivity contribution >= 4 is 17.7 Å². The van der Waals surface area contributed by atoms with Gasteiger partial charge in [0.05, 0.1) is 13.5 Å². The van der Waals surface area contributed by atoms with Crippen molar-refractivity contribution in [3.8, 4) is 0 Å². The molecule has 0 bridgehead atoms. The van der Waals surface area contributed by atoms with Gasteiger partial charge < -0.3 is 10.5 Å². The van der Waals surface area contributed by atoms with E-state index in [0.717, 1.165) is 5.75 Å². The molecule has 0 heterocycles. The number of carbonyl (C=O) groups is 1. The minimum Gasteiger partial charge on any atom is -0.469 e. The molecule has 0 aromatic heterocycles. The highest BCUT2D eigenvalue weighted by atomic mass is 32.2. The van der Waals surface area contributed by atoms with Gasteiger partial charge in [0.15, 0.2) is 0 Å². The molecule has 2 aliphatic carbocycles. The van der Waals surface area contributed by atoms with E-state index >= 15 is 0 Å². The molecule has 3 nitrogen and oxygen atoms in total. The Kier molecular flexibility index (Phi) is 4.96. The van der Waals surface area contributed by atoms with E-state index in [1.54, 1.807) is 0 Å². The molecule has 2 aliphatic rings. The molecule has 2 rings (SSSR count). The third-order valence-electron chi connectivity index (χ3n) is 4.31. The van der Waals surface area contributed by atoms with Crippen molar-refractivity contribution in [3.63, 3.8) is 0 Å². The van der Waals surface area contributed by atoms with Gasteiger partial charge in [-0.25, -0.2) is 0 Å². The molecule has 2 N–H and O–H groups in total. The second-order valence-electron chi connectivity index (χ2n) is 5.90. The molecule has 2 fully saturated rings. The van der Waals surface area contributed by atoms with Crippen molar-refractivity contribution in [3.05, 3.63) is 0 Å². The average Bonchev–Trinajstić information content (AvgIpc) is 3.13. The number of methoxy groups -OCH3 is 1. The Hall–Kier alpha value is -0.220. The van der Waals surface area contributed by atoms with Crippen LogP contribution >= 0.6 is 11.8 Å². The average molecular weight is 271 g/mol. The summed E-state index contributed by atoms with van der Waals surface area (Å²) in [6.45, 7) is 0. The summed E-state index contributed by atoms with van der Waals surface area (Å²) in [5.41, 5.74) is 6.48. The Balaban J connectivity index is 1.77. The van der Waals surface area contributed by atoms with Crippen LogP contribution in [0.15, 0.2) is 0 Å². The monoisotopic (exact) mass is 271 g/mol. The number of carbonyl (C=O) groups excluding carboxylic acids is 1. The zero-order valence-corrected chi connectivity index (χ0v) is 12.1. The number of hydrogen-bond acceptors (Lipinski definition) is 4. The highest BCUT2D eigenvalue weighted by Gasteiger charge is 2.45. The van der Waals surface area contributed by atoms with Gasteiger partial charge in [-0.1, -0.05) is 19.3 Å². The van der Waals surface area contributed by atoms with Gasteiger partial charge in [-0.3, -0.25) is 4.79 Å². The van der Waals surface area contributed by atoms with Crippen LogP contribution in [0.4, 0.5) is 0 Å². The first-order valence-electron chi connectivity index (χ1n) is 7.09. The lowest BCUT2D eigenvalue weighted by Crippen LogP contribution is -2.32. The molecule has 0 amide bonds. The quantitative estimate of drug-likeness (QED) is 0.617. The minimum absolute atomic E-state index is 0.0572. The summed E-state index contributed by atoms with van der Waals surface area (Å²) in [6, 6.07) is 0.353. The molecule has 104 valence electrons. The topological polar surface area (TPSA) is 52.3 Å². The van der Waals surface area contributed by atoms with Crippen LogP contribution in [0.1, 0.15) is 51.4 Å². The zero-order chi connectivity index (χ0) is 13.0. The van der Waals surface area contributed by atoms with E-state index in [9.17, 15) is 4.79 Å². The van der Waals surface area contributed by atoms with Gasteiger partial charge in [0.1, 0.15) is 0 Å².